The van der Waals surface area contributed by atoms with E-state index in [1.54, 1.807) is 12.1 Å². The van der Waals surface area contributed by atoms with Crippen molar-refractivity contribution in [3.63, 3.8) is 0 Å². The molecule has 0 fully saturated rings. The lowest BCUT2D eigenvalue weighted by Crippen LogP contribution is -2.34. The van der Waals surface area contributed by atoms with E-state index in [1.807, 2.05) is 93.4 Å². The van der Waals surface area contributed by atoms with Gasteiger partial charge in [0.15, 0.2) is 0 Å². The summed E-state index contributed by atoms with van der Waals surface area (Å²) in [7, 11) is 1.86. The number of rotatable bonds is 8. The fourth-order valence-electron chi connectivity index (χ4n) is 4.31. The van der Waals surface area contributed by atoms with Crippen LogP contribution in [0.5, 0.6) is 5.75 Å². The van der Waals surface area contributed by atoms with Gasteiger partial charge in [0.2, 0.25) is 0 Å². The second-order valence-corrected chi connectivity index (χ2v) is 8.68. The molecule has 0 unspecified atom stereocenters. The highest BCUT2D eigenvalue weighted by atomic mass is 16.5. The molecule has 3 aromatic carbocycles. The average molecular weight is 455 g/mol. The SMILES string of the molecule is CCCOc1cccc(N2C(=O)C(c3ccc(C)cc3C)=C(N(C)Cc3ccccc3)C2=O)c1. The molecule has 1 aliphatic heterocycles. The number of carbonyl (C=O) groups is 2. The maximum Gasteiger partial charge on any atom is 0.282 e. The van der Waals surface area contributed by atoms with Crippen LogP contribution in [0, 0.1) is 13.8 Å². The second kappa shape index (κ2) is 9.96. The number of carbonyl (C=O) groups excluding carboxylic acids is 2. The zero-order valence-electron chi connectivity index (χ0n) is 20.2. The Balaban J connectivity index is 1.79. The minimum absolute atomic E-state index is 0.320. The van der Waals surface area contributed by atoms with Gasteiger partial charge in [-0.05, 0) is 49.1 Å². The van der Waals surface area contributed by atoms with Crippen molar-refractivity contribution < 1.29 is 14.3 Å². The molecule has 0 bridgehead atoms. The lowest BCUT2D eigenvalue weighted by molar-refractivity contribution is -0.120. The van der Waals surface area contributed by atoms with Gasteiger partial charge in [-0.2, -0.15) is 0 Å². The molecule has 2 amide bonds. The second-order valence-electron chi connectivity index (χ2n) is 8.68. The first kappa shape index (κ1) is 23.3. The molecule has 0 saturated heterocycles. The van der Waals surface area contributed by atoms with Crippen LogP contribution < -0.4 is 9.64 Å². The van der Waals surface area contributed by atoms with Gasteiger partial charge in [-0.1, -0.05) is 67.1 Å². The molecular formula is C29H30N2O3. The molecule has 0 aromatic heterocycles. The van der Waals surface area contributed by atoms with Crippen molar-refractivity contribution in [1.82, 2.24) is 4.90 Å². The molecule has 0 aliphatic carbocycles. The number of anilines is 1. The van der Waals surface area contributed by atoms with E-state index >= 15 is 0 Å². The zero-order chi connectivity index (χ0) is 24.2. The van der Waals surface area contributed by atoms with Crippen LogP contribution in [0.3, 0.4) is 0 Å². The Hall–Kier alpha value is -3.86. The number of hydrogen-bond donors (Lipinski definition) is 0. The van der Waals surface area contributed by atoms with Gasteiger partial charge >= 0.3 is 0 Å². The van der Waals surface area contributed by atoms with Crippen molar-refractivity contribution in [2.45, 2.75) is 33.7 Å². The van der Waals surface area contributed by atoms with E-state index in [-0.39, 0.29) is 11.8 Å². The van der Waals surface area contributed by atoms with Crippen molar-refractivity contribution in [2.75, 3.05) is 18.6 Å². The van der Waals surface area contributed by atoms with Gasteiger partial charge in [-0.3, -0.25) is 9.59 Å². The molecule has 5 heteroatoms. The molecule has 1 aliphatic rings. The van der Waals surface area contributed by atoms with Gasteiger partial charge < -0.3 is 9.64 Å². The maximum atomic E-state index is 13.8. The molecule has 0 spiro atoms. The van der Waals surface area contributed by atoms with Crippen LogP contribution in [-0.2, 0) is 16.1 Å². The summed E-state index contributed by atoms with van der Waals surface area (Å²) in [6, 6.07) is 23.1. The summed E-state index contributed by atoms with van der Waals surface area (Å²) >= 11 is 0. The summed E-state index contributed by atoms with van der Waals surface area (Å²) in [6.45, 7) is 7.11. The molecule has 1 heterocycles. The highest BCUT2D eigenvalue weighted by Gasteiger charge is 2.42. The Bertz CT molecular complexity index is 1250. The van der Waals surface area contributed by atoms with Crippen molar-refractivity contribution >= 4 is 23.1 Å². The third-order valence-corrected chi connectivity index (χ3v) is 5.90. The van der Waals surface area contributed by atoms with E-state index in [0.717, 1.165) is 28.7 Å². The van der Waals surface area contributed by atoms with Crippen molar-refractivity contribution in [3.8, 4) is 5.75 Å². The van der Waals surface area contributed by atoms with Gasteiger partial charge in [0.1, 0.15) is 11.4 Å². The van der Waals surface area contributed by atoms with Crippen LogP contribution in [0.4, 0.5) is 5.69 Å². The summed E-state index contributed by atoms with van der Waals surface area (Å²) in [5, 5.41) is 0. The quantitative estimate of drug-likeness (QED) is 0.421. The Morgan fingerprint density at radius 1 is 0.882 bits per heavy atom. The third kappa shape index (κ3) is 4.60. The van der Waals surface area contributed by atoms with Crippen LogP contribution in [0.2, 0.25) is 0 Å². The zero-order valence-corrected chi connectivity index (χ0v) is 20.2. The van der Waals surface area contributed by atoms with E-state index in [9.17, 15) is 9.59 Å². The molecular weight excluding hydrogens is 424 g/mol. The van der Waals surface area contributed by atoms with Crippen LogP contribution >= 0.6 is 0 Å². The predicted molar refractivity (Wildman–Crippen MR) is 135 cm³/mol. The first-order chi connectivity index (χ1) is 16.4. The highest BCUT2D eigenvalue weighted by Crippen LogP contribution is 2.37. The molecule has 4 rings (SSSR count). The summed E-state index contributed by atoms with van der Waals surface area (Å²) in [6.07, 6.45) is 0.874. The van der Waals surface area contributed by atoms with Crippen LogP contribution in [0.1, 0.15) is 35.6 Å². The van der Waals surface area contributed by atoms with E-state index in [0.29, 0.717) is 35.9 Å². The molecule has 3 aromatic rings. The van der Waals surface area contributed by atoms with E-state index < -0.39 is 0 Å². The number of amides is 2. The average Bonchev–Trinajstić information content (AvgIpc) is 3.08. The topological polar surface area (TPSA) is 49.9 Å². The molecule has 5 nitrogen and oxygen atoms in total. The normalized spacial score (nSPS) is 13.6. The monoisotopic (exact) mass is 454 g/mol. The summed E-state index contributed by atoms with van der Waals surface area (Å²) in [5.41, 5.74) is 5.25. The number of benzene rings is 3. The lowest BCUT2D eigenvalue weighted by Gasteiger charge is -2.22. The van der Waals surface area contributed by atoms with E-state index in [1.165, 1.54) is 4.90 Å². The molecule has 0 N–H and O–H groups in total. The van der Waals surface area contributed by atoms with Gasteiger partial charge in [0.05, 0.1) is 17.9 Å². The minimum atomic E-state index is -0.328. The number of aryl methyl sites for hydroxylation is 2. The van der Waals surface area contributed by atoms with Gasteiger partial charge in [0, 0.05) is 19.7 Å². The Kier molecular flexibility index (Phi) is 6.82. The number of likely N-dealkylation sites (N-methyl/N-ethyl adjacent to an activating group) is 1. The molecule has 174 valence electrons. The first-order valence-corrected chi connectivity index (χ1v) is 11.6. The smallest absolute Gasteiger partial charge is 0.282 e. The summed E-state index contributed by atoms with van der Waals surface area (Å²) in [4.78, 5) is 30.8. The van der Waals surface area contributed by atoms with Crippen molar-refractivity contribution in [1.29, 1.82) is 0 Å². The molecule has 0 radical (unpaired) electrons. The standard InChI is InChI=1S/C29H30N2O3/c1-5-16-34-24-13-9-12-23(18-24)31-28(32)26(25-15-14-20(2)17-21(25)3)27(29(31)33)30(4)19-22-10-7-6-8-11-22/h6-15,17-18H,5,16,19H2,1-4H3. The fourth-order valence-corrected chi connectivity index (χ4v) is 4.31. The van der Waals surface area contributed by atoms with Gasteiger partial charge in [0.25, 0.3) is 11.8 Å². The first-order valence-electron chi connectivity index (χ1n) is 11.6. The lowest BCUT2D eigenvalue weighted by atomic mass is 9.97. The number of imide groups is 1. The number of hydrogen-bond acceptors (Lipinski definition) is 4. The van der Waals surface area contributed by atoms with Crippen LogP contribution in [0.25, 0.3) is 5.57 Å². The molecule has 0 saturated carbocycles. The Labute approximate surface area is 201 Å². The fraction of sp³-hybridized carbons (Fsp3) is 0.241. The predicted octanol–water partition coefficient (Wildman–Crippen LogP) is 5.51. The molecule has 34 heavy (non-hydrogen) atoms. The maximum absolute atomic E-state index is 13.8. The molecule has 0 atom stereocenters. The Morgan fingerprint density at radius 2 is 1.65 bits per heavy atom. The highest BCUT2D eigenvalue weighted by molar-refractivity contribution is 6.45. The largest absolute Gasteiger partial charge is 0.494 e. The third-order valence-electron chi connectivity index (χ3n) is 5.90. The number of nitrogens with zero attached hydrogens (tertiary/aromatic N) is 2. The van der Waals surface area contributed by atoms with Gasteiger partial charge in [-0.25, -0.2) is 4.90 Å². The summed E-state index contributed by atoms with van der Waals surface area (Å²) in [5.74, 6) is -0.00957. The van der Waals surface area contributed by atoms with Crippen molar-refractivity contribution in [3.05, 3.63) is 101 Å². The van der Waals surface area contributed by atoms with E-state index in [4.69, 9.17) is 4.74 Å². The number of ether oxygens (including phenoxy) is 1. The minimum Gasteiger partial charge on any atom is -0.494 e. The Morgan fingerprint density at radius 3 is 2.35 bits per heavy atom. The van der Waals surface area contributed by atoms with Crippen molar-refractivity contribution in [2.24, 2.45) is 0 Å². The van der Waals surface area contributed by atoms with Crippen LogP contribution in [0.15, 0.2) is 78.5 Å². The van der Waals surface area contributed by atoms with Gasteiger partial charge in [-0.15, -0.1) is 0 Å². The van der Waals surface area contributed by atoms with Crippen LogP contribution in [-0.4, -0.2) is 30.4 Å². The summed E-state index contributed by atoms with van der Waals surface area (Å²) < 4.78 is 5.75. The van der Waals surface area contributed by atoms with E-state index in [2.05, 4.69) is 0 Å².